The van der Waals surface area contributed by atoms with Crippen LogP contribution in [-0.2, 0) is 13.2 Å². The zero-order chi connectivity index (χ0) is 23.0. The Kier molecular flexibility index (Phi) is 8.25. The first kappa shape index (κ1) is 23.6. The molecule has 0 amide bonds. The number of benzene rings is 3. The van der Waals surface area contributed by atoms with Crippen LogP contribution >= 0.6 is 15.9 Å². The molecule has 4 rings (SSSR count). The summed E-state index contributed by atoms with van der Waals surface area (Å²) >= 11 is 3.53. The van der Waals surface area contributed by atoms with Crippen LogP contribution in [0.4, 0.5) is 5.69 Å². The summed E-state index contributed by atoms with van der Waals surface area (Å²) in [4.78, 5) is 5.12. The van der Waals surface area contributed by atoms with Gasteiger partial charge in [0.25, 0.3) is 0 Å². The minimum atomic E-state index is 0.507. The van der Waals surface area contributed by atoms with Crippen molar-refractivity contribution in [2.75, 3.05) is 24.5 Å². The van der Waals surface area contributed by atoms with Gasteiger partial charge in [0.05, 0.1) is 0 Å². The van der Waals surface area contributed by atoms with E-state index in [2.05, 4.69) is 106 Å². The molecule has 0 saturated carbocycles. The fraction of sp³-hybridized carbons (Fsp3) is 0.310. The molecule has 3 aromatic carbocycles. The lowest BCUT2D eigenvalue weighted by molar-refractivity contribution is 0.306. The van der Waals surface area contributed by atoms with E-state index >= 15 is 0 Å². The van der Waals surface area contributed by atoms with Crippen molar-refractivity contribution in [1.82, 2.24) is 4.90 Å². The highest BCUT2D eigenvalue weighted by molar-refractivity contribution is 9.10. The summed E-state index contributed by atoms with van der Waals surface area (Å²) in [6, 6.07) is 28.1. The molecule has 1 heterocycles. The largest absolute Gasteiger partial charge is 0.489 e. The second kappa shape index (κ2) is 11.5. The van der Waals surface area contributed by atoms with Crippen LogP contribution in [0.2, 0.25) is 0 Å². The van der Waals surface area contributed by atoms with Gasteiger partial charge >= 0.3 is 0 Å². The van der Waals surface area contributed by atoms with Crippen molar-refractivity contribution < 1.29 is 4.74 Å². The van der Waals surface area contributed by atoms with Gasteiger partial charge in [-0.15, -0.1) is 0 Å². The van der Waals surface area contributed by atoms with Crippen LogP contribution in [0, 0.1) is 0 Å². The van der Waals surface area contributed by atoms with Crippen molar-refractivity contribution in [3.8, 4) is 5.75 Å². The maximum Gasteiger partial charge on any atom is 0.119 e. The van der Waals surface area contributed by atoms with E-state index in [4.69, 9.17) is 4.74 Å². The number of rotatable bonds is 9. The lowest BCUT2D eigenvalue weighted by Gasteiger charge is -2.31. The molecular formula is C29H33BrN2O. The van der Waals surface area contributed by atoms with Gasteiger partial charge in [0.1, 0.15) is 12.4 Å². The van der Waals surface area contributed by atoms with Crippen molar-refractivity contribution in [3.05, 3.63) is 106 Å². The monoisotopic (exact) mass is 504 g/mol. The number of hydrogen-bond acceptors (Lipinski definition) is 3. The molecule has 33 heavy (non-hydrogen) atoms. The van der Waals surface area contributed by atoms with E-state index in [1.165, 1.54) is 28.8 Å². The number of allylic oxidation sites excluding steroid dienone is 1. The number of halogens is 1. The fourth-order valence-corrected chi connectivity index (χ4v) is 4.54. The number of hydrogen-bond donors (Lipinski definition) is 0. The molecule has 1 aliphatic rings. The Morgan fingerprint density at radius 1 is 0.970 bits per heavy atom. The Hall–Kier alpha value is -2.56. The van der Waals surface area contributed by atoms with Gasteiger partial charge in [0.2, 0.25) is 0 Å². The van der Waals surface area contributed by atoms with Crippen LogP contribution in [0.25, 0.3) is 0 Å². The van der Waals surface area contributed by atoms with Gasteiger partial charge in [-0.3, -0.25) is 4.90 Å². The molecule has 0 aromatic heterocycles. The average molecular weight is 506 g/mol. The molecule has 1 unspecified atom stereocenters. The number of likely N-dealkylation sites (tertiary alicyclic amines) is 1. The normalized spacial score (nSPS) is 15.9. The summed E-state index contributed by atoms with van der Waals surface area (Å²) in [7, 11) is 0. The SMILES string of the molecule is CC(C)=CCN(c1ccc(OCc2ccccc2)cc1)C1CCN(Cc2ccc(Br)cc2)C1. The van der Waals surface area contributed by atoms with Gasteiger partial charge in [-0.05, 0) is 67.8 Å². The molecule has 0 bridgehead atoms. The topological polar surface area (TPSA) is 15.7 Å². The summed E-state index contributed by atoms with van der Waals surface area (Å²) in [6.45, 7) is 9.09. The van der Waals surface area contributed by atoms with Gasteiger partial charge in [-0.2, -0.15) is 0 Å². The van der Waals surface area contributed by atoms with E-state index in [0.717, 1.165) is 36.4 Å². The Morgan fingerprint density at radius 2 is 1.70 bits per heavy atom. The molecule has 0 spiro atoms. The Morgan fingerprint density at radius 3 is 2.39 bits per heavy atom. The van der Waals surface area contributed by atoms with Crippen LogP contribution in [0.3, 0.4) is 0 Å². The Labute approximate surface area is 206 Å². The molecule has 1 atom stereocenters. The third-order valence-electron chi connectivity index (χ3n) is 6.12. The van der Waals surface area contributed by atoms with E-state index in [1.807, 2.05) is 18.2 Å². The molecule has 1 aliphatic heterocycles. The van der Waals surface area contributed by atoms with Crippen LogP contribution in [0.5, 0.6) is 5.75 Å². The summed E-state index contributed by atoms with van der Waals surface area (Å²) in [6.07, 6.45) is 3.51. The Balaban J connectivity index is 1.41. The van der Waals surface area contributed by atoms with E-state index in [-0.39, 0.29) is 0 Å². The van der Waals surface area contributed by atoms with Gasteiger partial charge < -0.3 is 9.64 Å². The molecule has 0 N–H and O–H groups in total. The first-order valence-corrected chi connectivity index (χ1v) is 12.5. The lowest BCUT2D eigenvalue weighted by Crippen LogP contribution is -2.37. The first-order valence-electron chi connectivity index (χ1n) is 11.7. The molecular weight excluding hydrogens is 472 g/mol. The van der Waals surface area contributed by atoms with Gasteiger partial charge in [-0.1, -0.05) is 70.0 Å². The second-order valence-electron chi connectivity index (χ2n) is 9.01. The highest BCUT2D eigenvalue weighted by Gasteiger charge is 2.27. The molecule has 1 fully saturated rings. The maximum absolute atomic E-state index is 6.00. The van der Waals surface area contributed by atoms with E-state index < -0.39 is 0 Å². The second-order valence-corrected chi connectivity index (χ2v) is 9.92. The summed E-state index contributed by atoms with van der Waals surface area (Å²) in [5, 5.41) is 0. The third-order valence-corrected chi connectivity index (χ3v) is 6.65. The molecule has 3 nitrogen and oxygen atoms in total. The van der Waals surface area contributed by atoms with Crippen LogP contribution in [0.1, 0.15) is 31.4 Å². The molecule has 172 valence electrons. The average Bonchev–Trinajstić information content (AvgIpc) is 3.29. The smallest absolute Gasteiger partial charge is 0.119 e. The standard InChI is InChI=1S/C29H33BrN2O/c1-23(2)16-19-32(28-17-18-31(21-28)20-24-8-10-26(30)11-9-24)27-12-14-29(15-13-27)33-22-25-6-4-3-5-7-25/h3-16,28H,17-22H2,1-2H3. The highest BCUT2D eigenvalue weighted by Crippen LogP contribution is 2.27. The Bertz CT molecular complexity index is 1030. The van der Waals surface area contributed by atoms with E-state index in [0.29, 0.717) is 12.6 Å². The molecule has 4 heteroatoms. The quantitative estimate of drug-likeness (QED) is 0.289. The van der Waals surface area contributed by atoms with Crippen molar-refractivity contribution >= 4 is 21.6 Å². The minimum Gasteiger partial charge on any atom is -0.489 e. The third kappa shape index (κ3) is 6.96. The van der Waals surface area contributed by atoms with Gasteiger partial charge in [-0.25, -0.2) is 0 Å². The molecule has 0 aliphatic carbocycles. The van der Waals surface area contributed by atoms with Crippen molar-refractivity contribution in [2.24, 2.45) is 0 Å². The summed E-state index contributed by atoms with van der Waals surface area (Å²) in [5.41, 5.74) is 5.17. The minimum absolute atomic E-state index is 0.507. The van der Waals surface area contributed by atoms with E-state index in [1.54, 1.807) is 0 Å². The lowest BCUT2D eigenvalue weighted by atomic mass is 10.1. The van der Waals surface area contributed by atoms with Crippen LogP contribution in [0.15, 0.2) is 95.0 Å². The van der Waals surface area contributed by atoms with Gasteiger partial charge in [0, 0.05) is 42.4 Å². The maximum atomic E-state index is 6.00. The van der Waals surface area contributed by atoms with Crippen LogP contribution < -0.4 is 9.64 Å². The van der Waals surface area contributed by atoms with Gasteiger partial charge in [0.15, 0.2) is 0 Å². The zero-order valence-corrected chi connectivity index (χ0v) is 21.2. The number of ether oxygens (including phenoxy) is 1. The predicted molar refractivity (Wildman–Crippen MR) is 142 cm³/mol. The summed E-state index contributed by atoms with van der Waals surface area (Å²) in [5.74, 6) is 0.910. The van der Waals surface area contributed by atoms with Crippen molar-refractivity contribution in [2.45, 2.75) is 39.5 Å². The number of nitrogens with zero attached hydrogens (tertiary/aromatic N) is 2. The van der Waals surface area contributed by atoms with E-state index in [9.17, 15) is 0 Å². The zero-order valence-electron chi connectivity index (χ0n) is 19.6. The van der Waals surface area contributed by atoms with Crippen LogP contribution in [-0.4, -0.2) is 30.6 Å². The fourth-order valence-electron chi connectivity index (χ4n) is 4.28. The number of anilines is 1. The molecule has 3 aromatic rings. The first-order chi connectivity index (χ1) is 16.1. The van der Waals surface area contributed by atoms with Crippen molar-refractivity contribution in [3.63, 3.8) is 0 Å². The molecule has 0 radical (unpaired) electrons. The highest BCUT2D eigenvalue weighted by atomic mass is 79.9. The predicted octanol–water partition coefficient (Wildman–Crippen LogP) is 7.08. The van der Waals surface area contributed by atoms with Crippen molar-refractivity contribution in [1.29, 1.82) is 0 Å². The molecule has 1 saturated heterocycles. The summed E-state index contributed by atoms with van der Waals surface area (Å²) < 4.78 is 7.13.